The standard InChI is InChI=1S/C11H9FOS/c1-7(13)5-8-6-14-10-4-2-3-9(12)11(8)10/h2-4,6H,5H2,1H3. The molecule has 2 rings (SSSR count). The minimum absolute atomic E-state index is 0.0629. The molecular weight excluding hydrogens is 199 g/mol. The predicted molar refractivity (Wildman–Crippen MR) is 56.2 cm³/mol. The molecule has 1 heterocycles. The summed E-state index contributed by atoms with van der Waals surface area (Å²) in [7, 11) is 0. The van der Waals surface area contributed by atoms with Crippen molar-refractivity contribution in [3.8, 4) is 0 Å². The van der Waals surface area contributed by atoms with Crippen LogP contribution < -0.4 is 0 Å². The van der Waals surface area contributed by atoms with Gasteiger partial charge in [0.25, 0.3) is 0 Å². The van der Waals surface area contributed by atoms with Gasteiger partial charge in [-0.1, -0.05) is 6.07 Å². The van der Waals surface area contributed by atoms with Crippen molar-refractivity contribution in [2.45, 2.75) is 13.3 Å². The maximum atomic E-state index is 13.4. The van der Waals surface area contributed by atoms with Crippen LogP contribution in [0.3, 0.4) is 0 Å². The Kier molecular flexibility index (Phi) is 2.33. The molecular formula is C11H9FOS. The first-order valence-electron chi connectivity index (χ1n) is 4.32. The molecule has 0 saturated heterocycles. The Hall–Kier alpha value is -1.22. The predicted octanol–water partition coefficient (Wildman–Crippen LogP) is 3.17. The van der Waals surface area contributed by atoms with E-state index >= 15 is 0 Å². The number of rotatable bonds is 2. The topological polar surface area (TPSA) is 17.1 Å². The molecule has 0 aliphatic carbocycles. The highest BCUT2D eigenvalue weighted by atomic mass is 32.1. The molecule has 0 amide bonds. The van der Waals surface area contributed by atoms with Gasteiger partial charge in [0.1, 0.15) is 11.6 Å². The largest absolute Gasteiger partial charge is 0.300 e. The van der Waals surface area contributed by atoms with Gasteiger partial charge in [0.15, 0.2) is 0 Å². The van der Waals surface area contributed by atoms with E-state index in [9.17, 15) is 9.18 Å². The molecule has 0 aliphatic heterocycles. The number of hydrogen-bond acceptors (Lipinski definition) is 2. The number of fused-ring (bicyclic) bond motifs is 1. The van der Waals surface area contributed by atoms with Gasteiger partial charge in [-0.15, -0.1) is 11.3 Å². The molecule has 0 N–H and O–H groups in total. The van der Waals surface area contributed by atoms with Crippen LogP contribution in [-0.4, -0.2) is 5.78 Å². The van der Waals surface area contributed by atoms with Crippen LogP contribution in [0, 0.1) is 5.82 Å². The summed E-state index contributed by atoms with van der Waals surface area (Å²) < 4.78 is 14.3. The Morgan fingerprint density at radius 1 is 1.50 bits per heavy atom. The fraction of sp³-hybridized carbons (Fsp3) is 0.182. The minimum Gasteiger partial charge on any atom is -0.300 e. The van der Waals surface area contributed by atoms with Crippen LogP contribution in [0.15, 0.2) is 23.6 Å². The Labute approximate surface area is 85.2 Å². The number of carbonyl (C=O) groups is 1. The molecule has 0 aliphatic rings. The average molecular weight is 208 g/mol. The zero-order valence-electron chi connectivity index (χ0n) is 7.71. The van der Waals surface area contributed by atoms with Crippen LogP contribution in [0.2, 0.25) is 0 Å². The van der Waals surface area contributed by atoms with Crippen molar-refractivity contribution < 1.29 is 9.18 Å². The molecule has 72 valence electrons. The number of thiophene rings is 1. The summed E-state index contributed by atoms with van der Waals surface area (Å²) in [6.45, 7) is 1.52. The van der Waals surface area contributed by atoms with E-state index in [0.717, 1.165) is 10.3 Å². The summed E-state index contributed by atoms with van der Waals surface area (Å²) in [6.07, 6.45) is 0.320. The van der Waals surface area contributed by atoms with Crippen molar-refractivity contribution >= 4 is 27.2 Å². The molecule has 14 heavy (non-hydrogen) atoms. The van der Waals surface area contributed by atoms with Crippen LogP contribution >= 0.6 is 11.3 Å². The third kappa shape index (κ3) is 1.55. The van der Waals surface area contributed by atoms with Crippen LogP contribution in [0.5, 0.6) is 0 Å². The first kappa shape index (κ1) is 9.34. The Bertz CT molecular complexity index is 487. The number of hydrogen-bond donors (Lipinski definition) is 0. The van der Waals surface area contributed by atoms with Crippen LogP contribution in [0.4, 0.5) is 4.39 Å². The summed E-state index contributed by atoms with van der Waals surface area (Å²) in [5.74, 6) is -0.173. The SMILES string of the molecule is CC(=O)Cc1csc2cccc(F)c12. The van der Waals surface area contributed by atoms with Gasteiger partial charge in [-0.05, 0) is 30.0 Å². The maximum Gasteiger partial charge on any atom is 0.134 e. The molecule has 0 atom stereocenters. The molecule has 0 bridgehead atoms. The summed E-state index contributed by atoms with van der Waals surface area (Å²) in [6, 6.07) is 4.98. The average Bonchev–Trinajstić information content (AvgIpc) is 2.49. The van der Waals surface area contributed by atoms with Crippen molar-refractivity contribution in [3.05, 3.63) is 35.0 Å². The monoisotopic (exact) mass is 208 g/mol. The molecule has 0 saturated carbocycles. The van der Waals surface area contributed by atoms with Crippen LogP contribution in [0.25, 0.3) is 10.1 Å². The van der Waals surface area contributed by atoms with E-state index in [1.54, 1.807) is 6.07 Å². The molecule has 2 aromatic rings. The lowest BCUT2D eigenvalue weighted by molar-refractivity contribution is -0.116. The van der Waals surface area contributed by atoms with E-state index in [2.05, 4.69) is 0 Å². The highest BCUT2D eigenvalue weighted by Gasteiger charge is 2.09. The van der Waals surface area contributed by atoms with Crippen molar-refractivity contribution in [1.29, 1.82) is 0 Å². The van der Waals surface area contributed by atoms with Crippen molar-refractivity contribution in [3.63, 3.8) is 0 Å². The minimum atomic E-state index is -0.236. The quantitative estimate of drug-likeness (QED) is 0.740. The lowest BCUT2D eigenvalue weighted by Crippen LogP contribution is -1.95. The summed E-state index contributed by atoms with van der Waals surface area (Å²) in [5.41, 5.74) is 0.801. The Morgan fingerprint density at radius 3 is 3.00 bits per heavy atom. The molecule has 0 spiro atoms. The van der Waals surface area contributed by atoms with E-state index in [0.29, 0.717) is 11.8 Å². The van der Waals surface area contributed by atoms with Gasteiger partial charge in [-0.25, -0.2) is 4.39 Å². The third-order valence-corrected chi connectivity index (χ3v) is 3.06. The zero-order chi connectivity index (χ0) is 10.1. The van der Waals surface area contributed by atoms with Gasteiger partial charge in [-0.3, -0.25) is 4.79 Å². The molecule has 0 unspecified atom stereocenters. The summed E-state index contributed by atoms with van der Waals surface area (Å²) in [5, 5.41) is 2.46. The van der Waals surface area contributed by atoms with Gasteiger partial charge >= 0.3 is 0 Å². The molecule has 0 fully saturated rings. The Morgan fingerprint density at radius 2 is 2.29 bits per heavy atom. The second-order valence-electron chi connectivity index (χ2n) is 3.25. The van der Waals surface area contributed by atoms with Crippen molar-refractivity contribution in [2.75, 3.05) is 0 Å². The van der Waals surface area contributed by atoms with E-state index in [1.165, 1.54) is 24.3 Å². The van der Waals surface area contributed by atoms with Gasteiger partial charge in [-0.2, -0.15) is 0 Å². The second kappa shape index (κ2) is 3.50. The molecule has 1 aromatic heterocycles. The molecule has 1 aromatic carbocycles. The third-order valence-electron chi connectivity index (χ3n) is 2.06. The van der Waals surface area contributed by atoms with E-state index in [-0.39, 0.29) is 11.6 Å². The highest BCUT2D eigenvalue weighted by Crippen LogP contribution is 2.28. The molecule has 0 radical (unpaired) electrons. The van der Waals surface area contributed by atoms with Gasteiger partial charge in [0, 0.05) is 16.5 Å². The van der Waals surface area contributed by atoms with Gasteiger partial charge in [0.05, 0.1) is 0 Å². The van der Waals surface area contributed by atoms with Gasteiger partial charge in [0.2, 0.25) is 0 Å². The lowest BCUT2D eigenvalue weighted by Gasteiger charge is -1.96. The Balaban J connectivity index is 2.61. The first-order valence-corrected chi connectivity index (χ1v) is 5.20. The van der Waals surface area contributed by atoms with Crippen molar-refractivity contribution in [2.24, 2.45) is 0 Å². The number of benzene rings is 1. The highest BCUT2D eigenvalue weighted by molar-refractivity contribution is 7.17. The molecule has 3 heteroatoms. The van der Waals surface area contributed by atoms with Crippen LogP contribution in [0.1, 0.15) is 12.5 Å². The molecule has 1 nitrogen and oxygen atoms in total. The first-order chi connectivity index (χ1) is 6.68. The zero-order valence-corrected chi connectivity index (χ0v) is 8.53. The number of carbonyl (C=O) groups excluding carboxylic acids is 1. The van der Waals surface area contributed by atoms with Crippen molar-refractivity contribution in [1.82, 2.24) is 0 Å². The maximum absolute atomic E-state index is 13.4. The lowest BCUT2D eigenvalue weighted by atomic mass is 10.1. The fourth-order valence-corrected chi connectivity index (χ4v) is 2.48. The van der Waals surface area contributed by atoms with Gasteiger partial charge < -0.3 is 0 Å². The van der Waals surface area contributed by atoms with E-state index in [4.69, 9.17) is 0 Å². The number of halogens is 1. The fourth-order valence-electron chi connectivity index (χ4n) is 1.51. The normalized spacial score (nSPS) is 10.7. The summed E-state index contributed by atoms with van der Waals surface area (Å²) >= 11 is 1.48. The number of ketones is 1. The number of Topliss-reactive ketones (excluding diaryl/α,β-unsaturated/α-hetero) is 1. The second-order valence-corrected chi connectivity index (χ2v) is 4.16. The summed E-state index contributed by atoms with van der Waals surface area (Å²) in [4.78, 5) is 10.9. The smallest absolute Gasteiger partial charge is 0.134 e. The van der Waals surface area contributed by atoms with Crippen LogP contribution in [-0.2, 0) is 11.2 Å². The van der Waals surface area contributed by atoms with E-state index < -0.39 is 0 Å². The van der Waals surface area contributed by atoms with E-state index in [1.807, 2.05) is 11.4 Å².